The number of rotatable bonds is 5. The molecule has 1 amide bonds. The average Bonchev–Trinajstić information content (AvgIpc) is 3.26. The molecule has 4 rings (SSSR count). The molecular weight excluding hydrogens is 397 g/mol. The van der Waals surface area contributed by atoms with Crippen LogP contribution >= 0.6 is 0 Å². The van der Waals surface area contributed by atoms with Gasteiger partial charge in [-0.05, 0) is 24.3 Å². The van der Waals surface area contributed by atoms with Crippen molar-refractivity contribution in [1.29, 1.82) is 0 Å². The van der Waals surface area contributed by atoms with Gasteiger partial charge in [0.05, 0.1) is 5.56 Å². The molecule has 156 valence electrons. The maximum atomic E-state index is 13.9. The molecular formula is C21H19F3N4O2. The minimum Gasteiger partial charge on any atom is -0.421 e. The van der Waals surface area contributed by atoms with E-state index in [1.807, 2.05) is 30.3 Å². The maximum Gasteiger partial charge on any atom is 0.257 e. The first kappa shape index (κ1) is 20.1. The largest absolute Gasteiger partial charge is 0.421 e. The van der Waals surface area contributed by atoms with Gasteiger partial charge in [-0.2, -0.15) is 0 Å². The topological polar surface area (TPSA) is 62.5 Å². The highest BCUT2D eigenvalue weighted by Crippen LogP contribution is 2.19. The summed E-state index contributed by atoms with van der Waals surface area (Å²) in [7, 11) is 0. The van der Waals surface area contributed by atoms with E-state index < -0.39 is 28.9 Å². The van der Waals surface area contributed by atoms with Crippen molar-refractivity contribution >= 4 is 5.91 Å². The highest BCUT2D eigenvalue weighted by atomic mass is 19.2. The van der Waals surface area contributed by atoms with Gasteiger partial charge in [-0.25, -0.2) is 13.2 Å². The first-order valence-electron chi connectivity index (χ1n) is 9.56. The predicted octanol–water partition coefficient (Wildman–Crippen LogP) is 3.15. The van der Waals surface area contributed by atoms with Gasteiger partial charge in [0.2, 0.25) is 11.8 Å². The summed E-state index contributed by atoms with van der Waals surface area (Å²) in [4.78, 5) is 16.0. The van der Waals surface area contributed by atoms with Crippen LogP contribution in [0.2, 0.25) is 0 Å². The number of halogens is 3. The normalized spacial score (nSPS) is 14.8. The summed E-state index contributed by atoms with van der Waals surface area (Å²) in [6.45, 7) is 2.51. The molecule has 1 aliphatic rings. The zero-order chi connectivity index (χ0) is 21.1. The zero-order valence-corrected chi connectivity index (χ0v) is 16.0. The van der Waals surface area contributed by atoms with Crippen LogP contribution in [0.5, 0.6) is 0 Å². The minimum absolute atomic E-state index is 0.358. The van der Waals surface area contributed by atoms with Gasteiger partial charge in [0.25, 0.3) is 5.91 Å². The van der Waals surface area contributed by atoms with Gasteiger partial charge in [-0.1, -0.05) is 18.2 Å². The predicted molar refractivity (Wildman–Crippen MR) is 102 cm³/mol. The van der Waals surface area contributed by atoms with Crippen LogP contribution in [-0.4, -0.2) is 58.6 Å². The van der Waals surface area contributed by atoms with Gasteiger partial charge in [-0.15, -0.1) is 10.2 Å². The highest BCUT2D eigenvalue weighted by Gasteiger charge is 2.26. The fourth-order valence-corrected chi connectivity index (χ4v) is 3.34. The number of amides is 1. The molecule has 1 saturated heterocycles. The van der Waals surface area contributed by atoms with E-state index in [0.717, 1.165) is 17.7 Å². The lowest BCUT2D eigenvalue weighted by Crippen LogP contribution is -2.49. The van der Waals surface area contributed by atoms with Crippen LogP contribution in [0.25, 0.3) is 11.5 Å². The molecule has 0 spiro atoms. The number of piperazine rings is 1. The van der Waals surface area contributed by atoms with Crippen LogP contribution in [0.3, 0.4) is 0 Å². The summed E-state index contributed by atoms with van der Waals surface area (Å²) in [5.74, 6) is -4.05. The standard InChI is InChI=1S/C21H19F3N4O2/c22-16-7-6-15(18(23)19(16)24)21(29)28-12-10-27(11-13-28)9-8-17-25-26-20(30-17)14-4-2-1-3-5-14/h1-7H,8-13H2. The Labute approximate surface area is 170 Å². The third-order valence-corrected chi connectivity index (χ3v) is 5.05. The molecule has 3 aromatic rings. The third-order valence-electron chi connectivity index (χ3n) is 5.05. The van der Waals surface area contributed by atoms with Crippen molar-refractivity contribution in [3.63, 3.8) is 0 Å². The summed E-state index contributed by atoms with van der Waals surface area (Å²) in [5.41, 5.74) is 0.398. The molecule has 1 aromatic heterocycles. The fraction of sp³-hybridized carbons (Fsp3) is 0.286. The molecule has 9 heteroatoms. The Balaban J connectivity index is 1.30. The van der Waals surface area contributed by atoms with Crippen molar-refractivity contribution in [2.24, 2.45) is 0 Å². The number of nitrogens with zero attached hydrogens (tertiary/aromatic N) is 4. The van der Waals surface area contributed by atoms with Crippen molar-refractivity contribution in [3.05, 3.63) is 71.4 Å². The molecule has 0 unspecified atom stereocenters. The van der Waals surface area contributed by atoms with E-state index in [1.54, 1.807) is 0 Å². The molecule has 30 heavy (non-hydrogen) atoms. The van der Waals surface area contributed by atoms with E-state index in [4.69, 9.17) is 4.42 Å². The second-order valence-electron chi connectivity index (χ2n) is 6.97. The first-order valence-corrected chi connectivity index (χ1v) is 9.56. The number of hydrogen-bond donors (Lipinski definition) is 0. The van der Waals surface area contributed by atoms with Crippen LogP contribution in [0, 0.1) is 17.5 Å². The summed E-state index contributed by atoms with van der Waals surface area (Å²) < 4.78 is 46.1. The lowest BCUT2D eigenvalue weighted by molar-refractivity contribution is 0.0630. The van der Waals surface area contributed by atoms with Gasteiger partial charge < -0.3 is 9.32 Å². The Hall–Kier alpha value is -3.20. The van der Waals surface area contributed by atoms with E-state index in [2.05, 4.69) is 15.1 Å². The lowest BCUT2D eigenvalue weighted by Gasteiger charge is -2.34. The highest BCUT2D eigenvalue weighted by molar-refractivity contribution is 5.94. The smallest absolute Gasteiger partial charge is 0.257 e. The van der Waals surface area contributed by atoms with Gasteiger partial charge in [0, 0.05) is 44.7 Å². The second kappa shape index (κ2) is 8.66. The van der Waals surface area contributed by atoms with E-state index >= 15 is 0 Å². The summed E-state index contributed by atoms with van der Waals surface area (Å²) in [5, 5.41) is 8.13. The lowest BCUT2D eigenvalue weighted by atomic mass is 10.1. The Kier molecular flexibility index (Phi) is 5.80. The third kappa shape index (κ3) is 4.20. The molecule has 1 fully saturated rings. The SMILES string of the molecule is O=C(c1ccc(F)c(F)c1F)N1CCN(CCc2nnc(-c3ccccc3)o2)CC1. The quantitative estimate of drug-likeness (QED) is 0.598. The number of hydrogen-bond acceptors (Lipinski definition) is 5. The Morgan fingerprint density at radius 2 is 1.67 bits per heavy atom. The second-order valence-corrected chi connectivity index (χ2v) is 6.97. The molecule has 6 nitrogen and oxygen atoms in total. The molecule has 0 radical (unpaired) electrons. The van der Waals surface area contributed by atoms with Crippen LogP contribution in [0.4, 0.5) is 13.2 Å². The van der Waals surface area contributed by atoms with Crippen LogP contribution in [-0.2, 0) is 6.42 Å². The average molecular weight is 416 g/mol. The Morgan fingerprint density at radius 3 is 2.40 bits per heavy atom. The van der Waals surface area contributed by atoms with Crippen LogP contribution < -0.4 is 0 Å². The van der Waals surface area contributed by atoms with Gasteiger partial charge in [-0.3, -0.25) is 9.69 Å². The monoisotopic (exact) mass is 416 g/mol. The van der Waals surface area contributed by atoms with Gasteiger partial charge in [0.15, 0.2) is 17.5 Å². The molecule has 0 bridgehead atoms. The van der Waals surface area contributed by atoms with Gasteiger partial charge in [0.1, 0.15) is 0 Å². The summed E-state index contributed by atoms with van der Waals surface area (Å²) in [6, 6.07) is 11.2. The summed E-state index contributed by atoms with van der Waals surface area (Å²) in [6.07, 6.45) is 0.561. The van der Waals surface area contributed by atoms with Crippen molar-refractivity contribution in [1.82, 2.24) is 20.0 Å². The number of carbonyl (C=O) groups is 1. The molecule has 0 saturated carbocycles. The van der Waals surface area contributed by atoms with E-state index in [-0.39, 0.29) is 0 Å². The number of benzene rings is 2. The van der Waals surface area contributed by atoms with Crippen LogP contribution in [0.15, 0.2) is 46.9 Å². The minimum atomic E-state index is -1.63. The molecule has 0 N–H and O–H groups in total. The van der Waals surface area contributed by atoms with Crippen molar-refractivity contribution < 1.29 is 22.4 Å². The molecule has 1 aliphatic heterocycles. The Morgan fingerprint density at radius 1 is 0.933 bits per heavy atom. The van der Waals surface area contributed by atoms with Crippen molar-refractivity contribution in [2.75, 3.05) is 32.7 Å². The maximum absolute atomic E-state index is 13.9. The van der Waals surface area contributed by atoms with E-state index in [9.17, 15) is 18.0 Å². The van der Waals surface area contributed by atoms with Crippen LogP contribution in [0.1, 0.15) is 16.2 Å². The molecule has 0 atom stereocenters. The fourth-order valence-electron chi connectivity index (χ4n) is 3.34. The number of aromatic nitrogens is 2. The molecule has 2 heterocycles. The van der Waals surface area contributed by atoms with Crippen molar-refractivity contribution in [3.8, 4) is 11.5 Å². The van der Waals surface area contributed by atoms with E-state index in [0.29, 0.717) is 50.9 Å². The molecule has 0 aliphatic carbocycles. The first-order chi connectivity index (χ1) is 14.5. The Bertz CT molecular complexity index is 1030. The molecule has 2 aromatic carbocycles. The van der Waals surface area contributed by atoms with E-state index in [1.165, 1.54) is 4.90 Å². The zero-order valence-electron chi connectivity index (χ0n) is 16.0. The van der Waals surface area contributed by atoms with Crippen molar-refractivity contribution in [2.45, 2.75) is 6.42 Å². The summed E-state index contributed by atoms with van der Waals surface area (Å²) >= 11 is 0. The van der Waals surface area contributed by atoms with Gasteiger partial charge >= 0.3 is 0 Å². The number of carbonyl (C=O) groups excluding carboxylic acids is 1.